The number of hydrogen-bond acceptors (Lipinski definition) is 1. The summed E-state index contributed by atoms with van der Waals surface area (Å²) in [6.07, 6.45) is 3.72. The molecule has 1 nitrogen and oxygen atoms in total. The van der Waals surface area contributed by atoms with Crippen molar-refractivity contribution < 1.29 is 0 Å². The Morgan fingerprint density at radius 3 is 2.25 bits per heavy atom. The van der Waals surface area contributed by atoms with Crippen LogP contribution in [-0.4, -0.2) is 0 Å². The number of nitrogens with zero attached hydrogens (tertiary/aromatic N) is 1. The maximum absolute atomic E-state index is 9.38. The SMILES string of the molecule is CC1C(C)(C)C2CCCC(C#N)C2C1(C)C. The Kier molecular flexibility index (Phi) is 2.61. The average molecular weight is 219 g/mol. The zero-order valence-electron chi connectivity index (χ0n) is 11.4. The van der Waals surface area contributed by atoms with Crippen molar-refractivity contribution in [3.05, 3.63) is 0 Å². The second-order valence-electron chi connectivity index (χ2n) is 7.16. The van der Waals surface area contributed by atoms with Gasteiger partial charge in [-0.15, -0.1) is 0 Å². The summed E-state index contributed by atoms with van der Waals surface area (Å²) in [5.74, 6) is 2.40. The fourth-order valence-electron chi connectivity index (χ4n) is 4.78. The van der Waals surface area contributed by atoms with E-state index in [-0.39, 0.29) is 0 Å². The molecule has 16 heavy (non-hydrogen) atoms. The minimum Gasteiger partial charge on any atom is -0.198 e. The fraction of sp³-hybridized carbons (Fsp3) is 0.933. The van der Waals surface area contributed by atoms with Crippen molar-refractivity contribution in [2.45, 2.75) is 53.9 Å². The first kappa shape index (κ1) is 12.0. The van der Waals surface area contributed by atoms with Crippen LogP contribution >= 0.6 is 0 Å². The van der Waals surface area contributed by atoms with Gasteiger partial charge in [0.2, 0.25) is 0 Å². The molecule has 0 amide bonds. The molecule has 2 aliphatic carbocycles. The highest BCUT2D eigenvalue weighted by atomic mass is 14.6. The van der Waals surface area contributed by atoms with E-state index in [0.29, 0.717) is 28.6 Å². The van der Waals surface area contributed by atoms with Gasteiger partial charge in [-0.25, -0.2) is 0 Å². The molecule has 0 aliphatic heterocycles. The van der Waals surface area contributed by atoms with E-state index in [1.165, 1.54) is 12.8 Å². The van der Waals surface area contributed by atoms with Crippen LogP contribution in [0.25, 0.3) is 0 Å². The molecule has 0 bridgehead atoms. The van der Waals surface area contributed by atoms with Crippen molar-refractivity contribution in [2.75, 3.05) is 0 Å². The first-order valence-corrected chi connectivity index (χ1v) is 6.73. The van der Waals surface area contributed by atoms with E-state index in [1.807, 2.05) is 0 Å². The predicted octanol–water partition coefficient (Wildman–Crippen LogP) is 4.24. The van der Waals surface area contributed by atoms with Gasteiger partial charge in [0.05, 0.1) is 6.07 Å². The van der Waals surface area contributed by atoms with Crippen molar-refractivity contribution in [1.82, 2.24) is 0 Å². The van der Waals surface area contributed by atoms with Gasteiger partial charge in [0.25, 0.3) is 0 Å². The summed E-state index contributed by atoms with van der Waals surface area (Å²) in [4.78, 5) is 0. The molecule has 2 aliphatic rings. The molecule has 0 radical (unpaired) electrons. The summed E-state index contributed by atoms with van der Waals surface area (Å²) in [5.41, 5.74) is 0.735. The molecule has 2 rings (SSSR count). The first-order valence-electron chi connectivity index (χ1n) is 6.73. The first-order chi connectivity index (χ1) is 7.33. The molecule has 0 saturated heterocycles. The monoisotopic (exact) mass is 219 g/mol. The molecule has 1 heteroatoms. The molecule has 4 atom stereocenters. The number of rotatable bonds is 0. The van der Waals surface area contributed by atoms with E-state index < -0.39 is 0 Å². The van der Waals surface area contributed by atoms with Crippen LogP contribution in [0.15, 0.2) is 0 Å². The third kappa shape index (κ3) is 1.35. The molecule has 2 fully saturated rings. The Morgan fingerprint density at radius 1 is 1.06 bits per heavy atom. The topological polar surface area (TPSA) is 23.8 Å². The highest BCUT2D eigenvalue weighted by Gasteiger charge is 2.60. The quantitative estimate of drug-likeness (QED) is 0.597. The van der Waals surface area contributed by atoms with Crippen LogP contribution in [0.4, 0.5) is 0 Å². The van der Waals surface area contributed by atoms with Crippen LogP contribution in [0.2, 0.25) is 0 Å². The van der Waals surface area contributed by atoms with E-state index in [4.69, 9.17) is 0 Å². The van der Waals surface area contributed by atoms with E-state index in [2.05, 4.69) is 40.7 Å². The summed E-state index contributed by atoms with van der Waals surface area (Å²) in [7, 11) is 0. The standard InChI is InChI=1S/C15H25N/c1-10-14(2,3)12-8-6-7-11(9-16)13(12)15(10,4)5/h10-13H,6-8H2,1-5H3. The lowest BCUT2D eigenvalue weighted by Crippen LogP contribution is -2.34. The van der Waals surface area contributed by atoms with Gasteiger partial charge in [-0.1, -0.05) is 41.0 Å². The zero-order chi connectivity index (χ0) is 12.1. The highest BCUT2D eigenvalue weighted by molar-refractivity contribution is 5.11. The van der Waals surface area contributed by atoms with E-state index in [0.717, 1.165) is 12.3 Å². The van der Waals surface area contributed by atoms with Crippen LogP contribution in [0.1, 0.15) is 53.9 Å². The maximum Gasteiger partial charge on any atom is 0.0659 e. The molecule has 2 saturated carbocycles. The molecule has 90 valence electrons. The lowest BCUT2D eigenvalue weighted by atomic mass is 9.64. The molecule has 0 N–H and O–H groups in total. The molecule has 0 heterocycles. The van der Waals surface area contributed by atoms with Crippen molar-refractivity contribution in [3.8, 4) is 6.07 Å². The fourth-order valence-corrected chi connectivity index (χ4v) is 4.78. The summed E-state index contributed by atoms with van der Waals surface area (Å²) in [6, 6.07) is 2.59. The second-order valence-corrected chi connectivity index (χ2v) is 7.16. The van der Waals surface area contributed by atoms with E-state index in [9.17, 15) is 5.26 Å². The summed E-state index contributed by atoms with van der Waals surface area (Å²) in [5, 5.41) is 9.38. The summed E-state index contributed by atoms with van der Waals surface area (Å²) in [6.45, 7) is 12.0. The van der Waals surface area contributed by atoms with Gasteiger partial charge >= 0.3 is 0 Å². The normalized spacial score (nSPS) is 44.8. The number of hydrogen-bond donors (Lipinski definition) is 0. The molecule has 0 aromatic heterocycles. The molecular weight excluding hydrogens is 194 g/mol. The van der Waals surface area contributed by atoms with Gasteiger partial charge in [-0.2, -0.15) is 5.26 Å². The Morgan fingerprint density at radius 2 is 1.69 bits per heavy atom. The lowest BCUT2D eigenvalue weighted by Gasteiger charge is -2.39. The summed E-state index contributed by atoms with van der Waals surface area (Å²) >= 11 is 0. The van der Waals surface area contributed by atoms with Gasteiger partial charge in [0.15, 0.2) is 0 Å². The Hall–Kier alpha value is -0.510. The lowest BCUT2D eigenvalue weighted by molar-refractivity contribution is 0.0990. The summed E-state index contributed by atoms with van der Waals surface area (Å²) < 4.78 is 0. The van der Waals surface area contributed by atoms with Crippen molar-refractivity contribution in [2.24, 2.45) is 34.5 Å². The number of fused-ring (bicyclic) bond motifs is 1. The average Bonchev–Trinajstić information content (AvgIpc) is 2.38. The second kappa shape index (κ2) is 3.49. The van der Waals surface area contributed by atoms with Gasteiger partial charge in [0, 0.05) is 5.92 Å². The highest BCUT2D eigenvalue weighted by Crippen LogP contribution is 2.65. The largest absolute Gasteiger partial charge is 0.198 e. The van der Waals surface area contributed by atoms with Gasteiger partial charge < -0.3 is 0 Å². The Labute approximate surface area is 100 Å². The van der Waals surface area contributed by atoms with E-state index in [1.54, 1.807) is 0 Å². The molecule has 0 spiro atoms. The van der Waals surface area contributed by atoms with Crippen LogP contribution in [-0.2, 0) is 0 Å². The van der Waals surface area contributed by atoms with Crippen molar-refractivity contribution in [3.63, 3.8) is 0 Å². The van der Waals surface area contributed by atoms with Gasteiger partial charge in [-0.3, -0.25) is 0 Å². The Bertz CT molecular complexity index is 321. The van der Waals surface area contributed by atoms with Crippen LogP contribution < -0.4 is 0 Å². The van der Waals surface area contributed by atoms with E-state index >= 15 is 0 Å². The minimum absolute atomic E-state index is 0.304. The third-order valence-electron chi connectivity index (χ3n) is 6.11. The number of nitriles is 1. The predicted molar refractivity (Wildman–Crippen MR) is 66.7 cm³/mol. The molecule has 4 unspecified atom stereocenters. The van der Waals surface area contributed by atoms with Crippen molar-refractivity contribution >= 4 is 0 Å². The van der Waals surface area contributed by atoms with Crippen LogP contribution in [0.5, 0.6) is 0 Å². The molecular formula is C15H25N. The maximum atomic E-state index is 9.38. The van der Waals surface area contributed by atoms with Gasteiger partial charge in [0.1, 0.15) is 0 Å². The molecule has 0 aromatic rings. The van der Waals surface area contributed by atoms with Crippen LogP contribution in [0, 0.1) is 45.8 Å². The van der Waals surface area contributed by atoms with Crippen LogP contribution in [0.3, 0.4) is 0 Å². The third-order valence-corrected chi connectivity index (χ3v) is 6.11. The zero-order valence-corrected chi connectivity index (χ0v) is 11.4. The Balaban J connectivity index is 2.43. The van der Waals surface area contributed by atoms with Crippen molar-refractivity contribution in [1.29, 1.82) is 5.26 Å². The smallest absolute Gasteiger partial charge is 0.0659 e. The minimum atomic E-state index is 0.304. The molecule has 0 aromatic carbocycles. The van der Waals surface area contributed by atoms with Gasteiger partial charge in [-0.05, 0) is 41.4 Å².